The van der Waals surface area contributed by atoms with Gasteiger partial charge in [-0.3, -0.25) is 9.48 Å². The number of pyridine rings is 1. The second-order valence-corrected chi connectivity index (χ2v) is 5.34. The van der Waals surface area contributed by atoms with E-state index in [1.807, 2.05) is 6.92 Å². The van der Waals surface area contributed by atoms with E-state index in [4.69, 9.17) is 5.11 Å². The maximum absolute atomic E-state index is 12.2. The molecule has 2 rings (SSSR count). The molecule has 2 aromatic rings. The van der Waals surface area contributed by atoms with E-state index < -0.39 is 17.9 Å². The predicted molar refractivity (Wildman–Crippen MR) is 77.0 cm³/mol. The van der Waals surface area contributed by atoms with E-state index in [2.05, 4.69) is 15.4 Å². The van der Waals surface area contributed by atoms with E-state index in [1.165, 1.54) is 6.20 Å². The third-order valence-electron chi connectivity index (χ3n) is 3.34. The van der Waals surface area contributed by atoms with Crippen molar-refractivity contribution >= 4 is 22.9 Å². The van der Waals surface area contributed by atoms with Crippen molar-refractivity contribution in [2.24, 2.45) is 13.0 Å². The second kappa shape index (κ2) is 5.51. The number of hydrogen-bond acceptors (Lipinski definition) is 4. The molecule has 0 radical (unpaired) electrons. The lowest BCUT2D eigenvalue weighted by Crippen LogP contribution is -2.44. The van der Waals surface area contributed by atoms with Crippen LogP contribution in [0.4, 0.5) is 0 Å². The van der Waals surface area contributed by atoms with Gasteiger partial charge in [-0.15, -0.1) is 0 Å². The molecule has 0 aliphatic rings. The van der Waals surface area contributed by atoms with Crippen LogP contribution in [-0.4, -0.2) is 37.8 Å². The van der Waals surface area contributed by atoms with Crippen LogP contribution in [0.25, 0.3) is 11.0 Å². The smallest absolute Gasteiger partial charge is 0.326 e. The number of fused-ring (bicyclic) bond motifs is 1. The third kappa shape index (κ3) is 2.86. The Morgan fingerprint density at radius 1 is 1.38 bits per heavy atom. The van der Waals surface area contributed by atoms with Crippen LogP contribution in [0.5, 0.6) is 0 Å². The van der Waals surface area contributed by atoms with Crippen LogP contribution in [0, 0.1) is 12.8 Å². The van der Waals surface area contributed by atoms with Gasteiger partial charge in [-0.05, 0) is 18.9 Å². The maximum atomic E-state index is 12.2. The van der Waals surface area contributed by atoms with Crippen molar-refractivity contribution < 1.29 is 14.7 Å². The lowest BCUT2D eigenvalue weighted by Gasteiger charge is -2.17. The van der Waals surface area contributed by atoms with Crippen LogP contribution >= 0.6 is 0 Å². The van der Waals surface area contributed by atoms with Crippen LogP contribution in [0.1, 0.15) is 29.9 Å². The average molecular weight is 290 g/mol. The van der Waals surface area contributed by atoms with E-state index >= 15 is 0 Å². The summed E-state index contributed by atoms with van der Waals surface area (Å²) >= 11 is 0. The van der Waals surface area contributed by atoms with Gasteiger partial charge in [0.25, 0.3) is 5.91 Å². The number of hydrogen-bond donors (Lipinski definition) is 2. The first-order valence-electron chi connectivity index (χ1n) is 6.64. The van der Waals surface area contributed by atoms with E-state index in [0.29, 0.717) is 11.2 Å². The summed E-state index contributed by atoms with van der Waals surface area (Å²) in [6, 6.07) is 0.752. The standard InChI is InChI=1S/C14H18N4O3/c1-7(2)11(14(20)21)16-13(19)9-5-10-8(3)17-18(4)12(10)15-6-9/h5-7,11H,1-4H3,(H,16,19)(H,20,21). The molecule has 112 valence electrons. The summed E-state index contributed by atoms with van der Waals surface area (Å²) in [4.78, 5) is 27.5. The highest BCUT2D eigenvalue weighted by atomic mass is 16.4. The molecular weight excluding hydrogens is 272 g/mol. The van der Waals surface area contributed by atoms with Gasteiger partial charge in [0.1, 0.15) is 6.04 Å². The molecule has 0 saturated heterocycles. The Balaban J connectivity index is 2.31. The molecule has 0 spiro atoms. The SMILES string of the molecule is Cc1nn(C)c2ncc(C(=O)NC(C(=O)O)C(C)C)cc12. The number of carbonyl (C=O) groups excluding carboxylic acids is 1. The number of amides is 1. The summed E-state index contributed by atoms with van der Waals surface area (Å²) in [5.41, 5.74) is 1.78. The molecule has 2 N–H and O–H groups in total. The van der Waals surface area contributed by atoms with Gasteiger partial charge in [0.15, 0.2) is 5.65 Å². The largest absolute Gasteiger partial charge is 0.480 e. The third-order valence-corrected chi connectivity index (χ3v) is 3.34. The molecule has 0 aliphatic carbocycles. The van der Waals surface area contributed by atoms with Crippen molar-refractivity contribution in [1.82, 2.24) is 20.1 Å². The number of carboxylic acids is 1. The predicted octanol–water partition coefficient (Wildman–Crippen LogP) is 1.12. The quantitative estimate of drug-likeness (QED) is 0.879. The molecular formula is C14H18N4O3. The minimum atomic E-state index is -1.05. The van der Waals surface area contributed by atoms with Crippen LogP contribution in [0.3, 0.4) is 0 Å². The van der Waals surface area contributed by atoms with Crippen LogP contribution in [0.2, 0.25) is 0 Å². The number of aryl methyl sites for hydroxylation is 2. The van der Waals surface area contributed by atoms with Gasteiger partial charge < -0.3 is 10.4 Å². The molecule has 0 aliphatic heterocycles. The lowest BCUT2D eigenvalue weighted by atomic mass is 10.0. The molecule has 2 heterocycles. The zero-order valence-corrected chi connectivity index (χ0v) is 12.4. The first-order valence-corrected chi connectivity index (χ1v) is 6.64. The minimum Gasteiger partial charge on any atom is -0.480 e. The van der Waals surface area contributed by atoms with Crippen molar-refractivity contribution in [2.75, 3.05) is 0 Å². The number of rotatable bonds is 4. The first-order chi connectivity index (χ1) is 9.81. The molecule has 0 fully saturated rings. The lowest BCUT2D eigenvalue weighted by molar-refractivity contribution is -0.140. The average Bonchev–Trinajstić information content (AvgIpc) is 2.70. The van der Waals surface area contributed by atoms with Crippen molar-refractivity contribution in [3.05, 3.63) is 23.5 Å². The second-order valence-electron chi connectivity index (χ2n) is 5.34. The summed E-state index contributed by atoms with van der Waals surface area (Å²) in [6.07, 6.45) is 1.43. The normalized spacial score (nSPS) is 12.6. The van der Waals surface area contributed by atoms with Crippen molar-refractivity contribution in [3.63, 3.8) is 0 Å². The first kappa shape index (κ1) is 15.0. The van der Waals surface area contributed by atoms with Gasteiger partial charge in [-0.1, -0.05) is 13.8 Å². The highest BCUT2D eigenvalue weighted by molar-refractivity contribution is 5.99. The van der Waals surface area contributed by atoms with Gasteiger partial charge >= 0.3 is 5.97 Å². The number of aromatic nitrogens is 3. The molecule has 0 bridgehead atoms. The van der Waals surface area contributed by atoms with Crippen molar-refractivity contribution in [3.8, 4) is 0 Å². The highest BCUT2D eigenvalue weighted by Crippen LogP contribution is 2.16. The molecule has 1 unspecified atom stereocenters. The summed E-state index contributed by atoms with van der Waals surface area (Å²) in [5, 5.41) is 16.6. The molecule has 1 amide bonds. The van der Waals surface area contributed by atoms with Crippen LogP contribution in [0.15, 0.2) is 12.3 Å². The fourth-order valence-electron chi connectivity index (χ4n) is 2.17. The number of carboxylic acid groups (broad SMARTS) is 1. The van der Waals surface area contributed by atoms with Gasteiger partial charge in [0.2, 0.25) is 0 Å². The number of nitrogens with one attached hydrogen (secondary N) is 1. The van der Waals surface area contributed by atoms with Crippen LogP contribution < -0.4 is 5.32 Å². The van der Waals surface area contributed by atoms with Gasteiger partial charge in [0.05, 0.1) is 11.3 Å². The van der Waals surface area contributed by atoms with Crippen molar-refractivity contribution in [2.45, 2.75) is 26.8 Å². The van der Waals surface area contributed by atoms with E-state index in [1.54, 1.807) is 31.6 Å². The minimum absolute atomic E-state index is 0.205. The van der Waals surface area contributed by atoms with Crippen LogP contribution in [-0.2, 0) is 11.8 Å². The van der Waals surface area contributed by atoms with E-state index in [0.717, 1.165) is 11.1 Å². The van der Waals surface area contributed by atoms with E-state index in [-0.39, 0.29) is 5.92 Å². The Bertz CT molecular complexity index is 706. The van der Waals surface area contributed by atoms with Gasteiger partial charge in [0, 0.05) is 18.6 Å². The molecule has 21 heavy (non-hydrogen) atoms. The maximum Gasteiger partial charge on any atom is 0.326 e. The van der Waals surface area contributed by atoms with Gasteiger partial charge in [-0.2, -0.15) is 5.10 Å². The Labute approximate surface area is 122 Å². The summed E-state index contributed by atoms with van der Waals surface area (Å²) < 4.78 is 1.64. The number of carbonyl (C=O) groups is 2. The molecule has 7 nitrogen and oxygen atoms in total. The Morgan fingerprint density at radius 2 is 2.05 bits per heavy atom. The molecule has 2 aromatic heterocycles. The van der Waals surface area contributed by atoms with Gasteiger partial charge in [-0.25, -0.2) is 9.78 Å². The fraction of sp³-hybridized carbons (Fsp3) is 0.429. The number of aliphatic carboxylic acids is 1. The van der Waals surface area contributed by atoms with E-state index in [9.17, 15) is 9.59 Å². The fourth-order valence-corrected chi connectivity index (χ4v) is 2.17. The Morgan fingerprint density at radius 3 is 2.62 bits per heavy atom. The number of nitrogens with zero attached hydrogens (tertiary/aromatic N) is 3. The Kier molecular flexibility index (Phi) is 3.93. The zero-order chi connectivity index (χ0) is 15.7. The monoisotopic (exact) mass is 290 g/mol. The molecule has 0 saturated carbocycles. The zero-order valence-electron chi connectivity index (χ0n) is 12.4. The summed E-state index contributed by atoms with van der Waals surface area (Å²) in [7, 11) is 1.78. The molecule has 0 aromatic carbocycles. The Hall–Kier alpha value is -2.44. The molecule has 1 atom stereocenters. The molecule has 7 heteroatoms. The topological polar surface area (TPSA) is 97.1 Å². The summed E-state index contributed by atoms with van der Waals surface area (Å²) in [5.74, 6) is -1.71. The summed E-state index contributed by atoms with van der Waals surface area (Å²) in [6.45, 7) is 5.32. The van der Waals surface area contributed by atoms with Crippen molar-refractivity contribution in [1.29, 1.82) is 0 Å². The highest BCUT2D eigenvalue weighted by Gasteiger charge is 2.24.